The number of rotatable bonds is 6. The molecule has 4 fully saturated rings. The molecular formula is C28H30FN3O5. The van der Waals surface area contributed by atoms with E-state index in [1.807, 2.05) is 18.2 Å². The van der Waals surface area contributed by atoms with Gasteiger partial charge in [-0.3, -0.25) is 9.59 Å². The summed E-state index contributed by atoms with van der Waals surface area (Å²) >= 11 is 0. The first-order chi connectivity index (χ1) is 18.0. The molecule has 9 heteroatoms. The summed E-state index contributed by atoms with van der Waals surface area (Å²) in [5.74, 6) is 1.48. The number of fused-ring (bicyclic) bond motifs is 3. The number of benzene rings is 1. The van der Waals surface area contributed by atoms with E-state index < -0.39 is 11.4 Å². The van der Waals surface area contributed by atoms with Gasteiger partial charge < -0.3 is 24.4 Å². The number of halogens is 1. The number of likely N-dealkylation sites (tertiary alicyclic amines) is 1. The van der Waals surface area contributed by atoms with E-state index in [2.05, 4.69) is 10.3 Å². The zero-order valence-corrected chi connectivity index (χ0v) is 20.5. The minimum atomic E-state index is -0.724. The first-order valence-electron chi connectivity index (χ1n) is 13.2. The van der Waals surface area contributed by atoms with Crippen molar-refractivity contribution in [3.63, 3.8) is 0 Å². The van der Waals surface area contributed by atoms with Crippen LogP contribution in [0.25, 0.3) is 0 Å². The van der Waals surface area contributed by atoms with Crippen LogP contribution in [-0.4, -0.2) is 53.3 Å². The molecule has 0 radical (unpaired) electrons. The topological polar surface area (TPSA) is 90.0 Å². The zero-order chi connectivity index (χ0) is 25.1. The summed E-state index contributed by atoms with van der Waals surface area (Å²) in [5.41, 5.74) is 0.605. The lowest BCUT2D eigenvalue weighted by molar-refractivity contribution is -0.167. The number of nitrogens with one attached hydrogen (secondary N) is 1. The van der Waals surface area contributed by atoms with E-state index in [4.69, 9.17) is 14.2 Å². The number of amides is 1. The van der Waals surface area contributed by atoms with Gasteiger partial charge in [0.15, 0.2) is 11.5 Å². The number of hydrogen-bond acceptors (Lipinski definition) is 7. The third kappa shape index (κ3) is 4.13. The highest BCUT2D eigenvalue weighted by atomic mass is 19.1. The zero-order valence-electron chi connectivity index (χ0n) is 20.5. The highest BCUT2D eigenvalue weighted by Crippen LogP contribution is 2.55. The molecule has 194 valence electrons. The van der Waals surface area contributed by atoms with Crippen LogP contribution in [0.4, 0.5) is 4.39 Å². The fraction of sp³-hybridized carbons (Fsp3) is 0.536. The van der Waals surface area contributed by atoms with Crippen LogP contribution in [0.1, 0.15) is 48.2 Å². The minimum absolute atomic E-state index is 0.0168. The predicted octanol–water partition coefficient (Wildman–Crippen LogP) is 3.30. The lowest BCUT2D eigenvalue weighted by atomic mass is 9.76. The molecule has 2 unspecified atom stereocenters. The summed E-state index contributed by atoms with van der Waals surface area (Å²) in [6.07, 6.45) is 5.43. The summed E-state index contributed by atoms with van der Waals surface area (Å²) in [6.45, 7) is 1.87. The van der Waals surface area contributed by atoms with Crippen LogP contribution >= 0.6 is 0 Å². The number of ether oxygens (including phenoxy) is 3. The van der Waals surface area contributed by atoms with Crippen molar-refractivity contribution in [2.75, 3.05) is 19.9 Å². The molecule has 3 heterocycles. The molecular weight excluding hydrogens is 477 g/mol. The van der Waals surface area contributed by atoms with Crippen molar-refractivity contribution in [3.05, 3.63) is 53.6 Å². The van der Waals surface area contributed by atoms with Crippen LogP contribution in [0.2, 0.25) is 0 Å². The fourth-order valence-electron chi connectivity index (χ4n) is 7.05. The SMILES string of the molecule is O=C(OC12C[C@@H]3C[C@@H](C[C@H]1C3NCc1ccc3c(c1)OCO3)CN(C(=O)c1ccc(F)cn1)C2)C1CC1. The van der Waals surface area contributed by atoms with Crippen molar-refractivity contribution in [3.8, 4) is 11.5 Å². The number of nitrogens with zero attached hydrogens (tertiary/aromatic N) is 2. The van der Waals surface area contributed by atoms with Crippen LogP contribution in [0.15, 0.2) is 36.5 Å². The number of carbonyl (C=O) groups is 2. The molecule has 1 saturated heterocycles. The molecule has 5 aliphatic rings. The molecule has 5 atom stereocenters. The molecule has 8 nitrogen and oxygen atoms in total. The van der Waals surface area contributed by atoms with Crippen LogP contribution < -0.4 is 14.8 Å². The Balaban J connectivity index is 1.15. The molecule has 3 aliphatic carbocycles. The third-order valence-corrected chi connectivity index (χ3v) is 8.81. The minimum Gasteiger partial charge on any atom is -0.457 e. The van der Waals surface area contributed by atoms with Gasteiger partial charge in [-0.2, -0.15) is 0 Å². The van der Waals surface area contributed by atoms with Crippen LogP contribution in [0, 0.1) is 29.5 Å². The molecule has 1 N–H and O–H groups in total. The van der Waals surface area contributed by atoms with Crippen LogP contribution in [0.3, 0.4) is 0 Å². The largest absolute Gasteiger partial charge is 0.457 e. The van der Waals surface area contributed by atoms with Gasteiger partial charge in [-0.25, -0.2) is 9.37 Å². The van der Waals surface area contributed by atoms with Gasteiger partial charge in [-0.1, -0.05) is 6.07 Å². The second-order valence-electron chi connectivity index (χ2n) is 11.3. The number of hydrogen-bond donors (Lipinski definition) is 1. The van der Waals surface area contributed by atoms with Gasteiger partial charge in [-0.05, 0) is 73.8 Å². The Bertz CT molecular complexity index is 1230. The number of aromatic nitrogens is 1. The maximum absolute atomic E-state index is 13.4. The molecule has 37 heavy (non-hydrogen) atoms. The van der Waals surface area contributed by atoms with Gasteiger partial charge in [0.2, 0.25) is 6.79 Å². The van der Waals surface area contributed by atoms with E-state index >= 15 is 0 Å². The molecule has 1 aromatic carbocycles. The van der Waals surface area contributed by atoms with Gasteiger partial charge >= 0.3 is 5.97 Å². The fourth-order valence-corrected chi connectivity index (χ4v) is 7.05. The van der Waals surface area contributed by atoms with Gasteiger partial charge in [0, 0.05) is 25.0 Å². The van der Waals surface area contributed by atoms with E-state index in [1.54, 1.807) is 4.90 Å². The first-order valence-corrected chi connectivity index (χ1v) is 13.2. The summed E-state index contributed by atoms with van der Waals surface area (Å²) in [4.78, 5) is 32.3. The maximum atomic E-state index is 13.4. The van der Waals surface area contributed by atoms with E-state index in [1.165, 1.54) is 12.1 Å². The van der Waals surface area contributed by atoms with E-state index in [9.17, 15) is 14.0 Å². The highest BCUT2D eigenvalue weighted by molar-refractivity contribution is 5.92. The summed E-state index contributed by atoms with van der Waals surface area (Å²) in [5, 5.41) is 3.78. The Morgan fingerprint density at radius 3 is 2.84 bits per heavy atom. The Morgan fingerprint density at radius 1 is 1.16 bits per heavy atom. The average molecular weight is 508 g/mol. The standard InChI is InChI=1S/C28H30FN3O5/c29-20-4-5-22(30-12-20)26(33)32-13-17-7-19-10-28(14-32,37-27(34)18-2-3-18)21(8-17)25(19)31-11-16-1-6-23-24(9-16)36-15-35-23/h1,4-6,9,12,17-19,21,25,31H,2-3,7-8,10-11,13-15H2/t17-,19-,21-,25?,28?/m0/s1. The molecule has 1 aromatic heterocycles. The molecule has 7 rings (SSSR count). The van der Waals surface area contributed by atoms with Crippen LogP contribution in [-0.2, 0) is 16.1 Å². The lowest BCUT2D eigenvalue weighted by Crippen LogP contribution is -2.52. The van der Waals surface area contributed by atoms with Crippen molar-refractivity contribution < 1.29 is 28.2 Å². The predicted molar refractivity (Wildman–Crippen MR) is 129 cm³/mol. The average Bonchev–Trinajstić information content (AvgIpc) is 3.62. The van der Waals surface area contributed by atoms with E-state index in [-0.39, 0.29) is 42.2 Å². The van der Waals surface area contributed by atoms with Crippen molar-refractivity contribution in [2.24, 2.45) is 23.7 Å². The number of esters is 1. The van der Waals surface area contributed by atoms with E-state index in [0.29, 0.717) is 31.5 Å². The van der Waals surface area contributed by atoms with Crippen molar-refractivity contribution in [1.29, 1.82) is 0 Å². The second-order valence-corrected chi connectivity index (χ2v) is 11.3. The second kappa shape index (κ2) is 8.68. The summed E-state index contributed by atoms with van der Waals surface area (Å²) in [6, 6.07) is 8.87. The van der Waals surface area contributed by atoms with E-state index in [0.717, 1.165) is 55.4 Å². The molecule has 3 saturated carbocycles. The molecule has 2 aliphatic heterocycles. The van der Waals surface area contributed by atoms with Crippen molar-refractivity contribution >= 4 is 11.9 Å². The summed E-state index contributed by atoms with van der Waals surface area (Å²) in [7, 11) is 0. The number of carbonyl (C=O) groups excluding carboxylic acids is 2. The smallest absolute Gasteiger partial charge is 0.309 e. The van der Waals surface area contributed by atoms with Crippen molar-refractivity contribution in [2.45, 2.75) is 50.3 Å². The highest BCUT2D eigenvalue weighted by Gasteiger charge is 2.62. The van der Waals surface area contributed by atoms with Gasteiger partial charge in [-0.15, -0.1) is 0 Å². The molecule has 2 aromatic rings. The first kappa shape index (κ1) is 23.0. The molecule has 1 amide bonds. The van der Waals surface area contributed by atoms with Gasteiger partial charge in [0.25, 0.3) is 5.91 Å². The van der Waals surface area contributed by atoms with Gasteiger partial charge in [0.1, 0.15) is 17.1 Å². The van der Waals surface area contributed by atoms with Crippen molar-refractivity contribution in [1.82, 2.24) is 15.2 Å². The van der Waals surface area contributed by atoms with Crippen LogP contribution in [0.5, 0.6) is 11.5 Å². The maximum Gasteiger partial charge on any atom is 0.309 e. The third-order valence-electron chi connectivity index (χ3n) is 8.81. The Hall–Kier alpha value is -3.20. The number of pyridine rings is 1. The normalized spacial score (nSPS) is 31.3. The summed E-state index contributed by atoms with van der Waals surface area (Å²) < 4.78 is 30.8. The Morgan fingerprint density at radius 2 is 2.03 bits per heavy atom. The molecule has 3 bridgehead atoms. The van der Waals surface area contributed by atoms with Gasteiger partial charge in [0.05, 0.1) is 18.7 Å². The Labute approximate surface area is 214 Å². The monoisotopic (exact) mass is 507 g/mol. The Kier molecular flexibility index (Phi) is 5.39. The quantitative estimate of drug-likeness (QED) is 0.600. The molecule has 0 spiro atoms. The lowest BCUT2D eigenvalue weighted by Gasteiger charge is -2.38.